The van der Waals surface area contributed by atoms with Gasteiger partial charge < -0.3 is 9.55 Å². The van der Waals surface area contributed by atoms with Crippen molar-refractivity contribution in [2.24, 2.45) is 0 Å². The molecule has 0 spiro atoms. The van der Waals surface area contributed by atoms with Crippen molar-refractivity contribution in [2.75, 3.05) is 0 Å². The second kappa shape index (κ2) is 10.3. The van der Waals surface area contributed by atoms with Gasteiger partial charge in [-0.15, -0.1) is 0 Å². The standard InChI is InChI=1S/C27H32N2O/c30-27-26-24(22-15-11-7-3-1-4-8-12-16-22)21-29(25(26)19-20-28-27)23-17-13-9-5-2-6-10-14-18-23/h1,3-4,7-8,11-12,15-16,19-21,23H,2,5-6,9-10,13-14,17-18H2,(H,28,30). The van der Waals surface area contributed by atoms with E-state index in [2.05, 4.69) is 33.9 Å². The fourth-order valence-electron chi connectivity index (χ4n) is 4.68. The van der Waals surface area contributed by atoms with E-state index in [1.807, 2.05) is 42.5 Å². The first-order valence-corrected chi connectivity index (χ1v) is 11.5. The largest absolute Gasteiger partial charge is 0.344 e. The molecule has 0 saturated heterocycles. The van der Waals surface area contributed by atoms with Crippen LogP contribution in [-0.4, -0.2) is 9.55 Å². The predicted molar refractivity (Wildman–Crippen MR) is 126 cm³/mol. The highest BCUT2D eigenvalue weighted by atomic mass is 16.1. The first-order valence-electron chi connectivity index (χ1n) is 11.5. The monoisotopic (exact) mass is 400 g/mol. The topological polar surface area (TPSA) is 37.8 Å². The minimum atomic E-state index is -0.00747. The number of aromatic amines is 1. The van der Waals surface area contributed by atoms with E-state index in [9.17, 15) is 4.79 Å². The van der Waals surface area contributed by atoms with Crippen LogP contribution in [0.15, 0.2) is 77.9 Å². The van der Waals surface area contributed by atoms with Crippen molar-refractivity contribution in [3.8, 4) is 11.1 Å². The average Bonchev–Trinajstić information content (AvgIpc) is 3.16. The maximum absolute atomic E-state index is 12.9. The molecular weight excluding hydrogens is 368 g/mol. The summed E-state index contributed by atoms with van der Waals surface area (Å²) in [5, 5.41) is 0.801. The Morgan fingerprint density at radius 3 is 1.93 bits per heavy atom. The Labute approximate surface area is 179 Å². The number of aromatic nitrogens is 2. The van der Waals surface area contributed by atoms with Gasteiger partial charge in [-0.2, -0.15) is 0 Å². The van der Waals surface area contributed by atoms with Crippen LogP contribution in [0.1, 0.15) is 63.8 Å². The van der Waals surface area contributed by atoms with Crippen molar-refractivity contribution in [3.63, 3.8) is 0 Å². The smallest absolute Gasteiger partial charge is 0.258 e. The van der Waals surface area contributed by atoms with Crippen LogP contribution < -0.4 is 5.56 Å². The maximum Gasteiger partial charge on any atom is 0.258 e. The molecule has 3 heteroatoms. The Bertz CT molecular complexity index is 1040. The molecule has 0 aliphatic heterocycles. The number of pyridine rings is 1. The quantitative estimate of drug-likeness (QED) is 0.486. The molecule has 1 aromatic carbocycles. The van der Waals surface area contributed by atoms with Crippen LogP contribution in [0, 0.1) is 0 Å². The van der Waals surface area contributed by atoms with Crippen LogP contribution in [0.3, 0.4) is 0 Å². The van der Waals surface area contributed by atoms with Crippen LogP contribution in [-0.2, 0) is 0 Å². The lowest BCUT2D eigenvalue weighted by Crippen LogP contribution is -2.10. The van der Waals surface area contributed by atoms with Crippen molar-refractivity contribution in [2.45, 2.75) is 63.8 Å². The molecule has 0 atom stereocenters. The van der Waals surface area contributed by atoms with Crippen molar-refractivity contribution >= 4 is 10.9 Å². The number of nitrogens with one attached hydrogen (secondary N) is 1. The van der Waals surface area contributed by atoms with Gasteiger partial charge in [-0.3, -0.25) is 4.79 Å². The molecule has 0 amide bonds. The highest BCUT2D eigenvalue weighted by Gasteiger charge is 2.19. The van der Waals surface area contributed by atoms with Gasteiger partial charge in [0, 0.05) is 24.0 Å². The minimum absolute atomic E-state index is 0.00747. The summed E-state index contributed by atoms with van der Waals surface area (Å²) in [7, 11) is 0. The molecule has 2 aromatic heterocycles. The molecule has 0 unspecified atom stereocenters. The molecule has 1 N–H and O–H groups in total. The number of hydrogen-bond donors (Lipinski definition) is 1. The van der Waals surface area contributed by atoms with E-state index in [0.717, 1.165) is 22.0 Å². The van der Waals surface area contributed by atoms with Crippen molar-refractivity contribution in [1.29, 1.82) is 0 Å². The zero-order valence-electron chi connectivity index (χ0n) is 17.7. The molecule has 2 heterocycles. The summed E-state index contributed by atoms with van der Waals surface area (Å²) >= 11 is 0. The lowest BCUT2D eigenvalue weighted by atomic mass is 9.97. The molecule has 4 rings (SSSR count). The summed E-state index contributed by atoms with van der Waals surface area (Å²) in [6, 6.07) is 20.9. The van der Waals surface area contributed by atoms with E-state index in [1.165, 1.54) is 57.8 Å². The lowest BCUT2D eigenvalue weighted by molar-refractivity contribution is 0.389. The second-order valence-electron chi connectivity index (χ2n) is 8.36. The summed E-state index contributed by atoms with van der Waals surface area (Å²) < 4.78 is 2.40. The van der Waals surface area contributed by atoms with E-state index < -0.39 is 0 Å². The van der Waals surface area contributed by atoms with Gasteiger partial charge in [0.25, 0.3) is 5.56 Å². The first-order chi connectivity index (χ1) is 14.8. The SMILES string of the molecule is O=c1[nH]ccc2c1c(-c1ccccccccc1)cn2C1CCCCCCCCC1. The van der Waals surface area contributed by atoms with E-state index >= 15 is 0 Å². The van der Waals surface area contributed by atoms with Gasteiger partial charge in [-0.1, -0.05) is 99.5 Å². The van der Waals surface area contributed by atoms with Gasteiger partial charge in [-0.05, 0) is 24.5 Å². The fraction of sp³-hybridized carbons (Fsp3) is 0.370. The van der Waals surface area contributed by atoms with E-state index in [4.69, 9.17) is 0 Å². The molecule has 30 heavy (non-hydrogen) atoms. The number of nitrogens with zero attached hydrogens (tertiary/aromatic N) is 1. The fourth-order valence-corrected chi connectivity index (χ4v) is 4.68. The number of hydrogen-bond acceptors (Lipinski definition) is 1. The van der Waals surface area contributed by atoms with Gasteiger partial charge in [0.1, 0.15) is 0 Å². The zero-order valence-corrected chi connectivity index (χ0v) is 17.7. The molecule has 1 aliphatic rings. The maximum atomic E-state index is 12.9. The Kier molecular flexibility index (Phi) is 7.02. The average molecular weight is 401 g/mol. The van der Waals surface area contributed by atoms with E-state index in [0.29, 0.717) is 6.04 Å². The van der Waals surface area contributed by atoms with Gasteiger partial charge >= 0.3 is 0 Å². The summed E-state index contributed by atoms with van der Waals surface area (Å²) in [5.41, 5.74) is 3.13. The molecule has 0 radical (unpaired) electrons. The van der Waals surface area contributed by atoms with Gasteiger partial charge in [0.05, 0.1) is 10.9 Å². The van der Waals surface area contributed by atoms with Crippen molar-refractivity contribution in [1.82, 2.24) is 9.55 Å². The third-order valence-electron chi connectivity index (χ3n) is 6.25. The Morgan fingerprint density at radius 1 is 0.733 bits per heavy atom. The zero-order chi connectivity index (χ0) is 20.6. The summed E-state index contributed by atoms with van der Waals surface area (Å²) in [6.07, 6.45) is 15.7. The number of fused-ring (bicyclic) bond motifs is 1. The van der Waals surface area contributed by atoms with Gasteiger partial charge in [-0.25, -0.2) is 0 Å². The van der Waals surface area contributed by atoms with Crippen LogP contribution in [0.5, 0.6) is 0 Å². The van der Waals surface area contributed by atoms with Gasteiger partial charge in [0.2, 0.25) is 0 Å². The minimum Gasteiger partial charge on any atom is -0.344 e. The Morgan fingerprint density at radius 2 is 1.30 bits per heavy atom. The van der Waals surface area contributed by atoms with Crippen molar-refractivity contribution in [3.05, 3.63) is 83.4 Å². The lowest BCUT2D eigenvalue weighted by Gasteiger charge is -2.21. The molecule has 0 bridgehead atoms. The Hall–Kier alpha value is -2.81. The highest BCUT2D eigenvalue weighted by Crippen LogP contribution is 2.34. The Balaban J connectivity index is 1.83. The second-order valence-corrected chi connectivity index (χ2v) is 8.36. The predicted octanol–water partition coefficient (Wildman–Crippen LogP) is 7.19. The van der Waals surface area contributed by atoms with Gasteiger partial charge in [0.15, 0.2) is 0 Å². The van der Waals surface area contributed by atoms with Crippen LogP contribution in [0.25, 0.3) is 22.0 Å². The highest BCUT2D eigenvalue weighted by molar-refractivity contribution is 5.95. The van der Waals surface area contributed by atoms with Crippen LogP contribution in [0.4, 0.5) is 0 Å². The molecule has 3 nitrogen and oxygen atoms in total. The third-order valence-corrected chi connectivity index (χ3v) is 6.25. The molecule has 1 aliphatic carbocycles. The molecule has 156 valence electrons. The summed E-state index contributed by atoms with van der Waals surface area (Å²) in [4.78, 5) is 15.8. The van der Waals surface area contributed by atoms with E-state index in [-0.39, 0.29) is 5.56 Å². The van der Waals surface area contributed by atoms with E-state index in [1.54, 1.807) is 6.20 Å². The molecule has 1 fully saturated rings. The first kappa shape index (κ1) is 20.5. The molecule has 3 aromatic rings. The summed E-state index contributed by atoms with van der Waals surface area (Å²) in [5.74, 6) is 0. The van der Waals surface area contributed by atoms with Crippen LogP contribution in [0.2, 0.25) is 0 Å². The number of H-pyrrole nitrogens is 1. The summed E-state index contributed by atoms with van der Waals surface area (Å²) in [6.45, 7) is 0. The van der Waals surface area contributed by atoms with Crippen LogP contribution >= 0.6 is 0 Å². The number of rotatable bonds is 2. The molecule has 1 saturated carbocycles. The molecular formula is C27H32N2O. The van der Waals surface area contributed by atoms with Crippen molar-refractivity contribution < 1.29 is 0 Å². The normalized spacial score (nSPS) is 16.1. The third kappa shape index (κ3) is 4.84.